The second kappa shape index (κ2) is 4.51. The summed E-state index contributed by atoms with van der Waals surface area (Å²) in [7, 11) is 0. The first-order valence-electron chi connectivity index (χ1n) is 5.41. The lowest BCUT2D eigenvalue weighted by Crippen LogP contribution is -2.43. The smallest absolute Gasteiger partial charge is 0.330 e. The van der Waals surface area contributed by atoms with Crippen molar-refractivity contribution in [2.24, 2.45) is 0 Å². The van der Waals surface area contributed by atoms with Gasteiger partial charge in [-0.25, -0.2) is 13.6 Å². The Morgan fingerprint density at radius 1 is 1.58 bits per heavy atom. The number of H-pyrrole nitrogens is 1. The molecule has 1 aromatic heterocycles. The van der Waals surface area contributed by atoms with Crippen LogP contribution in [0.3, 0.4) is 0 Å². The molecule has 1 saturated heterocycles. The minimum Gasteiger partial charge on any atom is -0.390 e. The van der Waals surface area contributed by atoms with E-state index in [9.17, 15) is 23.5 Å². The molecular weight excluding hydrogens is 266 g/mol. The predicted molar refractivity (Wildman–Crippen MR) is 57.9 cm³/mol. The number of aliphatic hydroxyl groups is 2. The monoisotopic (exact) mass is 278 g/mol. The van der Waals surface area contributed by atoms with Crippen LogP contribution in [0.15, 0.2) is 21.9 Å². The average molecular weight is 278 g/mol. The molecular formula is C10H12F2N2O5. The van der Waals surface area contributed by atoms with Crippen molar-refractivity contribution in [2.75, 3.05) is 13.3 Å². The van der Waals surface area contributed by atoms with Crippen molar-refractivity contribution >= 4 is 0 Å². The SMILES string of the molecule is O=c1ccn([C@@H]2O[C@](F)(CO)C[C@]2(O)CF)c(=O)[nH]1. The van der Waals surface area contributed by atoms with Crippen molar-refractivity contribution < 1.29 is 23.7 Å². The zero-order valence-corrected chi connectivity index (χ0v) is 9.68. The number of rotatable bonds is 3. The highest BCUT2D eigenvalue weighted by molar-refractivity contribution is 4.99. The van der Waals surface area contributed by atoms with E-state index in [1.54, 1.807) is 0 Å². The summed E-state index contributed by atoms with van der Waals surface area (Å²) in [5, 5.41) is 18.8. The minimum absolute atomic E-state index is 0.665. The molecule has 3 N–H and O–H groups in total. The molecule has 106 valence electrons. The van der Waals surface area contributed by atoms with Gasteiger partial charge < -0.3 is 14.9 Å². The lowest BCUT2D eigenvalue weighted by molar-refractivity contribution is -0.188. The molecule has 1 fully saturated rings. The summed E-state index contributed by atoms with van der Waals surface area (Å²) in [6.45, 7) is -2.47. The number of halogens is 2. The molecule has 0 bridgehead atoms. The topological polar surface area (TPSA) is 105 Å². The van der Waals surface area contributed by atoms with Crippen molar-refractivity contribution in [3.63, 3.8) is 0 Å². The van der Waals surface area contributed by atoms with Gasteiger partial charge in [0.15, 0.2) is 6.23 Å². The zero-order valence-electron chi connectivity index (χ0n) is 9.68. The first kappa shape index (κ1) is 13.8. The molecule has 1 aliphatic heterocycles. The maximum atomic E-state index is 13.9. The van der Waals surface area contributed by atoms with Crippen molar-refractivity contribution in [3.05, 3.63) is 33.1 Å². The van der Waals surface area contributed by atoms with Gasteiger partial charge in [0.2, 0.25) is 5.85 Å². The Morgan fingerprint density at radius 3 is 2.79 bits per heavy atom. The van der Waals surface area contributed by atoms with Gasteiger partial charge in [0.25, 0.3) is 5.56 Å². The van der Waals surface area contributed by atoms with Crippen LogP contribution in [0.4, 0.5) is 8.78 Å². The Hall–Kier alpha value is -1.58. The van der Waals surface area contributed by atoms with Crippen molar-refractivity contribution in [1.29, 1.82) is 0 Å². The first-order chi connectivity index (χ1) is 8.83. The average Bonchev–Trinajstić information content (AvgIpc) is 2.63. The molecule has 0 radical (unpaired) electrons. The fourth-order valence-electron chi connectivity index (χ4n) is 2.03. The summed E-state index contributed by atoms with van der Waals surface area (Å²) in [5.74, 6) is -2.65. The molecule has 2 heterocycles. The number of nitrogens with zero attached hydrogens (tertiary/aromatic N) is 1. The summed E-state index contributed by atoms with van der Waals surface area (Å²) in [6.07, 6.45) is -1.56. The lowest BCUT2D eigenvalue weighted by Gasteiger charge is -2.25. The third kappa shape index (κ3) is 2.31. The van der Waals surface area contributed by atoms with Gasteiger partial charge in [0.1, 0.15) is 18.9 Å². The highest BCUT2D eigenvalue weighted by Gasteiger charge is 2.57. The van der Waals surface area contributed by atoms with Crippen LogP contribution in [0.1, 0.15) is 12.6 Å². The Balaban J connectivity index is 2.48. The standard InChI is InChI=1S/C10H12F2N2O5/c11-4-9(18)3-10(12,5-15)19-7(9)14-2-1-6(16)13-8(14)17/h1-2,7,15,18H,3-5H2,(H,13,16,17)/t7-,9+,10+/m1/s1. The van der Waals surface area contributed by atoms with E-state index >= 15 is 0 Å². The Labute approximate surface area is 105 Å². The van der Waals surface area contributed by atoms with E-state index in [-0.39, 0.29) is 0 Å². The molecule has 3 atom stereocenters. The van der Waals surface area contributed by atoms with Crippen LogP contribution in [0.25, 0.3) is 0 Å². The largest absolute Gasteiger partial charge is 0.390 e. The van der Waals surface area contributed by atoms with Gasteiger partial charge in [-0.2, -0.15) is 0 Å². The maximum absolute atomic E-state index is 13.9. The van der Waals surface area contributed by atoms with Gasteiger partial charge in [0.05, 0.1) is 0 Å². The molecule has 0 amide bonds. The van der Waals surface area contributed by atoms with Crippen molar-refractivity contribution in [2.45, 2.75) is 24.1 Å². The number of ether oxygens (including phenoxy) is 1. The Bertz CT molecular complexity index is 588. The van der Waals surface area contributed by atoms with Crippen LogP contribution < -0.4 is 11.2 Å². The fraction of sp³-hybridized carbons (Fsp3) is 0.600. The summed E-state index contributed by atoms with van der Waals surface area (Å²) < 4.78 is 32.2. The van der Waals surface area contributed by atoms with Gasteiger partial charge in [-0.15, -0.1) is 0 Å². The number of nitrogens with one attached hydrogen (secondary N) is 1. The highest BCUT2D eigenvalue weighted by atomic mass is 19.2. The zero-order chi connectivity index (χ0) is 14.3. The van der Waals surface area contributed by atoms with Crippen LogP contribution >= 0.6 is 0 Å². The van der Waals surface area contributed by atoms with Gasteiger partial charge in [-0.05, 0) is 0 Å². The van der Waals surface area contributed by atoms with E-state index in [4.69, 9.17) is 9.84 Å². The lowest BCUT2D eigenvalue weighted by atomic mass is 9.98. The second-order valence-electron chi connectivity index (χ2n) is 4.44. The first-order valence-corrected chi connectivity index (χ1v) is 5.41. The molecule has 1 aliphatic rings. The molecule has 0 spiro atoms. The van der Waals surface area contributed by atoms with Gasteiger partial charge in [-0.1, -0.05) is 0 Å². The van der Waals surface area contributed by atoms with Crippen LogP contribution in [0, 0.1) is 0 Å². The summed E-state index contributed by atoms with van der Waals surface area (Å²) in [5.41, 5.74) is -3.98. The molecule has 2 rings (SSSR count). The predicted octanol–water partition coefficient (Wildman–Crippen LogP) is -1.19. The Morgan fingerprint density at radius 2 is 2.26 bits per heavy atom. The van der Waals surface area contributed by atoms with E-state index in [1.807, 2.05) is 4.98 Å². The van der Waals surface area contributed by atoms with Crippen LogP contribution in [-0.2, 0) is 4.74 Å². The molecule has 9 heteroatoms. The van der Waals surface area contributed by atoms with Crippen molar-refractivity contribution in [3.8, 4) is 0 Å². The van der Waals surface area contributed by atoms with Gasteiger partial charge >= 0.3 is 5.69 Å². The normalized spacial score (nSPS) is 34.6. The minimum atomic E-state index is -2.65. The number of hydrogen-bond acceptors (Lipinski definition) is 5. The number of aromatic nitrogens is 2. The van der Waals surface area contributed by atoms with E-state index < -0.39 is 48.6 Å². The van der Waals surface area contributed by atoms with Gasteiger partial charge in [0, 0.05) is 18.7 Å². The van der Waals surface area contributed by atoms with Crippen LogP contribution in [-0.4, -0.2) is 44.5 Å². The summed E-state index contributed by atoms with van der Waals surface area (Å²) in [6, 6.07) is 0.945. The quantitative estimate of drug-likeness (QED) is 0.645. The second-order valence-corrected chi connectivity index (χ2v) is 4.44. The molecule has 19 heavy (non-hydrogen) atoms. The van der Waals surface area contributed by atoms with Crippen LogP contribution in [0.2, 0.25) is 0 Å². The van der Waals surface area contributed by atoms with E-state index in [0.717, 1.165) is 12.3 Å². The number of aliphatic hydroxyl groups excluding tert-OH is 1. The molecule has 1 aromatic rings. The van der Waals surface area contributed by atoms with E-state index in [1.165, 1.54) is 0 Å². The van der Waals surface area contributed by atoms with E-state index in [2.05, 4.69) is 0 Å². The third-order valence-corrected chi connectivity index (χ3v) is 2.92. The third-order valence-electron chi connectivity index (χ3n) is 2.92. The van der Waals surface area contributed by atoms with Crippen LogP contribution in [0.5, 0.6) is 0 Å². The maximum Gasteiger partial charge on any atom is 0.330 e. The summed E-state index contributed by atoms with van der Waals surface area (Å²) >= 11 is 0. The molecule has 7 nitrogen and oxygen atoms in total. The molecule has 0 aliphatic carbocycles. The van der Waals surface area contributed by atoms with Gasteiger partial charge in [-0.3, -0.25) is 14.3 Å². The number of alkyl halides is 2. The number of aromatic amines is 1. The number of hydrogen-bond donors (Lipinski definition) is 3. The highest BCUT2D eigenvalue weighted by Crippen LogP contribution is 2.44. The molecule has 0 saturated carbocycles. The molecule has 0 aromatic carbocycles. The Kier molecular flexibility index (Phi) is 3.29. The van der Waals surface area contributed by atoms with E-state index in [0.29, 0.717) is 4.57 Å². The van der Waals surface area contributed by atoms with Crippen molar-refractivity contribution in [1.82, 2.24) is 9.55 Å². The summed E-state index contributed by atoms with van der Waals surface area (Å²) in [4.78, 5) is 24.3. The fourth-order valence-corrected chi connectivity index (χ4v) is 2.03. The molecule has 0 unspecified atom stereocenters.